The van der Waals surface area contributed by atoms with Crippen LogP contribution in [0.2, 0.25) is 0 Å². The first kappa shape index (κ1) is 14.4. The number of aliphatic imine (C=N–C) groups is 1. The summed E-state index contributed by atoms with van der Waals surface area (Å²) in [6.07, 6.45) is 3.96. The van der Waals surface area contributed by atoms with Crippen LogP contribution in [0.4, 0.5) is 0 Å². The minimum absolute atomic E-state index is 0.143. The number of methoxy groups -OCH3 is 1. The second-order valence-corrected chi connectivity index (χ2v) is 5.85. The first-order chi connectivity index (χ1) is 9.08. The van der Waals surface area contributed by atoms with Crippen molar-refractivity contribution in [3.63, 3.8) is 0 Å². The van der Waals surface area contributed by atoms with Crippen LogP contribution < -0.4 is 0 Å². The van der Waals surface area contributed by atoms with Crippen LogP contribution in [-0.2, 0) is 4.74 Å². The van der Waals surface area contributed by atoms with E-state index in [2.05, 4.69) is 20.9 Å². The molecule has 0 unspecified atom stereocenters. The lowest BCUT2D eigenvalue weighted by molar-refractivity contribution is 0.0858. The first-order valence-corrected chi connectivity index (χ1v) is 7.28. The molecule has 2 rings (SSSR count). The highest BCUT2D eigenvalue weighted by atomic mass is 79.9. The highest BCUT2D eigenvalue weighted by Gasteiger charge is 2.18. The highest BCUT2D eigenvalue weighted by Crippen LogP contribution is 2.20. The number of carbonyl (C=O) groups is 1. The minimum Gasteiger partial charge on any atom is -0.381 e. The molecule has 1 aliphatic carbocycles. The van der Waals surface area contributed by atoms with Crippen molar-refractivity contribution >= 4 is 27.5 Å². The Kier molecular flexibility index (Phi) is 4.88. The van der Waals surface area contributed by atoms with E-state index in [0.29, 0.717) is 11.7 Å². The molecular weight excluding hydrogens is 306 g/mol. The van der Waals surface area contributed by atoms with E-state index in [-0.39, 0.29) is 5.91 Å². The molecule has 0 saturated heterocycles. The van der Waals surface area contributed by atoms with Gasteiger partial charge in [0.25, 0.3) is 5.91 Å². The number of aryl methyl sites for hydroxylation is 1. The van der Waals surface area contributed by atoms with Crippen LogP contribution in [0.25, 0.3) is 0 Å². The SMILES string of the molecule is COC1CCC(=NC(=O)c2cc(C)cc(Br)c2)CC1. The second kappa shape index (κ2) is 6.44. The van der Waals surface area contributed by atoms with Gasteiger partial charge in [0, 0.05) is 22.9 Å². The molecule has 102 valence electrons. The fraction of sp³-hybridized carbons (Fsp3) is 0.467. The fourth-order valence-electron chi connectivity index (χ4n) is 2.34. The third-order valence-electron chi connectivity index (χ3n) is 3.39. The van der Waals surface area contributed by atoms with Crippen LogP contribution in [-0.4, -0.2) is 24.8 Å². The average Bonchev–Trinajstić information content (AvgIpc) is 2.38. The first-order valence-electron chi connectivity index (χ1n) is 6.49. The molecule has 0 N–H and O–H groups in total. The number of amides is 1. The summed E-state index contributed by atoms with van der Waals surface area (Å²) in [5.41, 5.74) is 2.70. The van der Waals surface area contributed by atoms with E-state index >= 15 is 0 Å². The number of hydrogen-bond donors (Lipinski definition) is 0. The number of ether oxygens (including phenoxy) is 1. The van der Waals surface area contributed by atoms with Gasteiger partial charge in [0.2, 0.25) is 0 Å². The minimum atomic E-state index is -0.143. The van der Waals surface area contributed by atoms with Gasteiger partial charge in [-0.25, -0.2) is 4.99 Å². The predicted octanol–water partition coefficient (Wildman–Crippen LogP) is 3.93. The van der Waals surface area contributed by atoms with Gasteiger partial charge in [0.15, 0.2) is 0 Å². The number of benzene rings is 1. The average molecular weight is 324 g/mol. The Morgan fingerprint density at radius 1 is 1.32 bits per heavy atom. The number of halogens is 1. The zero-order valence-corrected chi connectivity index (χ0v) is 12.9. The lowest BCUT2D eigenvalue weighted by Gasteiger charge is -2.21. The predicted molar refractivity (Wildman–Crippen MR) is 79.9 cm³/mol. The van der Waals surface area contributed by atoms with Gasteiger partial charge < -0.3 is 4.74 Å². The fourth-order valence-corrected chi connectivity index (χ4v) is 2.95. The normalized spacial score (nSPS) is 19.3. The summed E-state index contributed by atoms with van der Waals surface area (Å²) in [6, 6.07) is 5.67. The molecule has 3 nitrogen and oxygen atoms in total. The maximum absolute atomic E-state index is 12.1. The van der Waals surface area contributed by atoms with E-state index < -0.39 is 0 Å². The second-order valence-electron chi connectivity index (χ2n) is 4.94. The molecular formula is C15H18BrNO2. The Labute approximate surface area is 122 Å². The summed E-state index contributed by atoms with van der Waals surface area (Å²) in [5, 5.41) is 0. The van der Waals surface area contributed by atoms with E-state index in [1.54, 1.807) is 7.11 Å². The van der Waals surface area contributed by atoms with Gasteiger partial charge in [-0.15, -0.1) is 0 Å². The Morgan fingerprint density at radius 2 is 2.00 bits per heavy atom. The van der Waals surface area contributed by atoms with Crippen LogP contribution in [0.1, 0.15) is 41.6 Å². The summed E-state index contributed by atoms with van der Waals surface area (Å²) in [7, 11) is 1.74. The Hall–Kier alpha value is -1.000. The lowest BCUT2D eigenvalue weighted by atomic mass is 9.95. The van der Waals surface area contributed by atoms with E-state index in [4.69, 9.17) is 4.74 Å². The molecule has 1 aromatic carbocycles. The maximum atomic E-state index is 12.1. The van der Waals surface area contributed by atoms with Crippen LogP contribution in [0, 0.1) is 6.92 Å². The number of nitrogens with zero attached hydrogens (tertiary/aromatic N) is 1. The summed E-state index contributed by atoms with van der Waals surface area (Å²) in [5.74, 6) is -0.143. The van der Waals surface area contributed by atoms with Gasteiger partial charge in [-0.1, -0.05) is 15.9 Å². The molecule has 0 atom stereocenters. The number of hydrogen-bond acceptors (Lipinski definition) is 2. The molecule has 0 aromatic heterocycles. The molecule has 1 aliphatic rings. The van der Waals surface area contributed by atoms with E-state index in [1.165, 1.54) is 0 Å². The molecule has 1 saturated carbocycles. The maximum Gasteiger partial charge on any atom is 0.276 e. The molecule has 1 amide bonds. The summed E-state index contributed by atoms with van der Waals surface area (Å²) in [6.45, 7) is 1.97. The zero-order chi connectivity index (χ0) is 13.8. The van der Waals surface area contributed by atoms with Crippen LogP contribution >= 0.6 is 15.9 Å². The smallest absolute Gasteiger partial charge is 0.276 e. The van der Waals surface area contributed by atoms with Gasteiger partial charge in [-0.05, 0) is 56.4 Å². The van der Waals surface area contributed by atoms with E-state index in [1.807, 2.05) is 25.1 Å². The van der Waals surface area contributed by atoms with E-state index in [9.17, 15) is 4.79 Å². The van der Waals surface area contributed by atoms with Crippen molar-refractivity contribution < 1.29 is 9.53 Å². The molecule has 1 aromatic rings. The monoisotopic (exact) mass is 323 g/mol. The number of carbonyl (C=O) groups excluding carboxylic acids is 1. The van der Waals surface area contributed by atoms with Gasteiger partial charge >= 0.3 is 0 Å². The van der Waals surface area contributed by atoms with Crippen LogP contribution in [0.15, 0.2) is 27.7 Å². The summed E-state index contributed by atoms with van der Waals surface area (Å²) < 4.78 is 6.23. The Balaban J connectivity index is 2.08. The zero-order valence-electron chi connectivity index (χ0n) is 11.3. The van der Waals surface area contributed by atoms with Crippen molar-refractivity contribution in [2.45, 2.75) is 38.7 Å². The van der Waals surface area contributed by atoms with Crippen LogP contribution in [0.3, 0.4) is 0 Å². The van der Waals surface area contributed by atoms with Gasteiger partial charge in [-0.3, -0.25) is 4.79 Å². The van der Waals surface area contributed by atoms with Crippen molar-refractivity contribution in [1.82, 2.24) is 0 Å². The van der Waals surface area contributed by atoms with Crippen LogP contribution in [0.5, 0.6) is 0 Å². The number of rotatable bonds is 2. The molecule has 0 heterocycles. The van der Waals surface area contributed by atoms with Gasteiger partial charge in [0.05, 0.1) is 6.10 Å². The molecule has 0 radical (unpaired) electrons. The molecule has 0 bridgehead atoms. The Morgan fingerprint density at radius 3 is 2.58 bits per heavy atom. The van der Waals surface area contributed by atoms with Crippen molar-refractivity contribution in [2.24, 2.45) is 4.99 Å². The molecule has 19 heavy (non-hydrogen) atoms. The van der Waals surface area contributed by atoms with Crippen molar-refractivity contribution in [3.8, 4) is 0 Å². The topological polar surface area (TPSA) is 38.7 Å². The third kappa shape index (κ3) is 3.98. The van der Waals surface area contributed by atoms with Gasteiger partial charge in [0.1, 0.15) is 0 Å². The third-order valence-corrected chi connectivity index (χ3v) is 3.85. The molecule has 4 heteroatoms. The molecule has 1 fully saturated rings. The largest absolute Gasteiger partial charge is 0.381 e. The van der Waals surface area contributed by atoms with E-state index in [0.717, 1.165) is 41.4 Å². The molecule has 0 spiro atoms. The standard InChI is InChI=1S/C15H18BrNO2/c1-10-7-11(9-12(16)8-10)15(18)17-13-3-5-14(19-2)6-4-13/h7-9,14H,3-6H2,1-2H3. The van der Waals surface area contributed by atoms with Crippen molar-refractivity contribution in [3.05, 3.63) is 33.8 Å². The van der Waals surface area contributed by atoms with Crippen molar-refractivity contribution in [2.75, 3.05) is 7.11 Å². The summed E-state index contributed by atoms with van der Waals surface area (Å²) in [4.78, 5) is 16.4. The highest BCUT2D eigenvalue weighted by molar-refractivity contribution is 9.10. The van der Waals surface area contributed by atoms with Gasteiger partial charge in [-0.2, -0.15) is 0 Å². The lowest BCUT2D eigenvalue weighted by Crippen LogP contribution is -2.21. The summed E-state index contributed by atoms with van der Waals surface area (Å²) >= 11 is 3.41. The van der Waals surface area contributed by atoms with Crippen molar-refractivity contribution in [1.29, 1.82) is 0 Å². The molecule has 0 aliphatic heterocycles. The Bertz CT molecular complexity index is 481. The quantitative estimate of drug-likeness (QED) is 0.827.